The average molecular weight is 295 g/mol. The van der Waals surface area contributed by atoms with Gasteiger partial charge in [0.2, 0.25) is 0 Å². The Bertz CT molecular complexity index is 392. The number of fused-ring (bicyclic) bond motifs is 1. The molecule has 1 heterocycles. The highest BCUT2D eigenvalue weighted by molar-refractivity contribution is 5.80. The first-order chi connectivity index (χ1) is 9.92. The molecule has 0 bridgehead atoms. The van der Waals surface area contributed by atoms with Gasteiger partial charge in [-0.2, -0.15) is 0 Å². The van der Waals surface area contributed by atoms with Crippen LogP contribution in [0.2, 0.25) is 0 Å². The molecule has 0 aliphatic heterocycles. The summed E-state index contributed by atoms with van der Waals surface area (Å²) < 4.78 is 0. The number of benzene rings is 1. The van der Waals surface area contributed by atoms with Gasteiger partial charge >= 0.3 is 0 Å². The van der Waals surface area contributed by atoms with Crippen LogP contribution in [0.3, 0.4) is 0 Å². The predicted molar refractivity (Wildman–Crippen MR) is 101 cm³/mol. The Balaban J connectivity index is -0.000000141. The first kappa shape index (κ1) is 27.8. The van der Waals surface area contributed by atoms with E-state index in [2.05, 4.69) is 23.0 Å². The molecule has 0 radical (unpaired) electrons. The number of aryl methyl sites for hydroxylation is 1. The Morgan fingerprint density at radius 2 is 1.24 bits per heavy atom. The van der Waals surface area contributed by atoms with Gasteiger partial charge in [-0.25, -0.2) is 9.97 Å². The SMILES string of the molecule is C.CC.CC.CC.CC.CCc1ncnc2ccccc12. The van der Waals surface area contributed by atoms with Crippen molar-refractivity contribution >= 4 is 10.9 Å². The van der Waals surface area contributed by atoms with Gasteiger partial charge in [0.05, 0.1) is 11.2 Å². The number of rotatable bonds is 1. The van der Waals surface area contributed by atoms with Gasteiger partial charge in [0.1, 0.15) is 6.33 Å². The Morgan fingerprint density at radius 3 is 1.71 bits per heavy atom. The van der Waals surface area contributed by atoms with Gasteiger partial charge in [0.15, 0.2) is 0 Å². The Morgan fingerprint density at radius 1 is 0.762 bits per heavy atom. The average Bonchev–Trinajstić information content (AvgIpc) is 2.61. The van der Waals surface area contributed by atoms with Crippen LogP contribution in [0.5, 0.6) is 0 Å². The third-order valence-electron chi connectivity index (χ3n) is 1.96. The van der Waals surface area contributed by atoms with E-state index in [1.165, 1.54) is 5.39 Å². The molecule has 0 saturated carbocycles. The van der Waals surface area contributed by atoms with Crippen LogP contribution >= 0.6 is 0 Å². The number of aromatic nitrogens is 2. The highest BCUT2D eigenvalue weighted by Crippen LogP contribution is 2.13. The van der Waals surface area contributed by atoms with Gasteiger partial charge in [-0.15, -0.1) is 0 Å². The van der Waals surface area contributed by atoms with Crippen molar-refractivity contribution < 1.29 is 0 Å². The van der Waals surface area contributed by atoms with Crippen molar-refractivity contribution in [2.45, 2.75) is 76.2 Å². The molecule has 0 spiro atoms. The Hall–Kier alpha value is -1.44. The number of nitrogens with zero attached hydrogens (tertiary/aromatic N) is 2. The standard InChI is InChI=1S/C10H10N2.4C2H6.CH4/c1-2-9-8-5-3-4-6-10(8)12-7-11-9;4*1-2;/h3-7H,2H2,1H3;4*1-2H3;1H4. The molecule has 0 aliphatic carbocycles. The molecular formula is C19H38N2. The third-order valence-corrected chi connectivity index (χ3v) is 1.96. The number of hydrogen-bond acceptors (Lipinski definition) is 2. The van der Waals surface area contributed by atoms with Gasteiger partial charge in [0, 0.05) is 5.39 Å². The lowest BCUT2D eigenvalue weighted by Crippen LogP contribution is -1.90. The molecule has 2 rings (SSSR count). The maximum atomic E-state index is 4.21. The van der Waals surface area contributed by atoms with Gasteiger partial charge in [-0.1, -0.05) is 87.9 Å². The minimum atomic E-state index is 0. The first-order valence-electron chi connectivity index (χ1n) is 8.10. The molecule has 0 amide bonds. The summed E-state index contributed by atoms with van der Waals surface area (Å²) >= 11 is 0. The second-order valence-corrected chi connectivity index (χ2v) is 2.69. The molecule has 0 saturated heterocycles. The molecule has 124 valence electrons. The van der Waals surface area contributed by atoms with E-state index in [1.807, 2.05) is 73.6 Å². The minimum absolute atomic E-state index is 0. The maximum absolute atomic E-state index is 4.21. The summed E-state index contributed by atoms with van der Waals surface area (Å²) in [4.78, 5) is 8.39. The Labute approximate surface area is 134 Å². The number of hydrogen-bond donors (Lipinski definition) is 0. The zero-order chi connectivity index (χ0) is 16.4. The van der Waals surface area contributed by atoms with E-state index in [-0.39, 0.29) is 7.43 Å². The molecule has 2 aromatic rings. The summed E-state index contributed by atoms with van der Waals surface area (Å²) in [6, 6.07) is 8.09. The van der Waals surface area contributed by atoms with E-state index >= 15 is 0 Å². The van der Waals surface area contributed by atoms with E-state index in [9.17, 15) is 0 Å². The van der Waals surface area contributed by atoms with Crippen molar-refractivity contribution in [1.82, 2.24) is 9.97 Å². The lowest BCUT2D eigenvalue weighted by molar-refractivity contribution is 1.03. The van der Waals surface area contributed by atoms with Crippen molar-refractivity contribution in [3.63, 3.8) is 0 Å². The molecule has 0 aliphatic rings. The van der Waals surface area contributed by atoms with Crippen LogP contribution in [0.1, 0.15) is 75.4 Å². The molecule has 0 N–H and O–H groups in total. The first-order valence-corrected chi connectivity index (χ1v) is 8.10. The van der Waals surface area contributed by atoms with Crippen molar-refractivity contribution in [2.75, 3.05) is 0 Å². The van der Waals surface area contributed by atoms with E-state index in [4.69, 9.17) is 0 Å². The summed E-state index contributed by atoms with van der Waals surface area (Å²) in [5.41, 5.74) is 2.16. The fourth-order valence-electron chi connectivity index (χ4n) is 1.34. The summed E-state index contributed by atoms with van der Waals surface area (Å²) in [6.45, 7) is 18.1. The molecule has 1 aromatic carbocycles. The molecule has 1 aromatic heterocycles. The Kier molecular flexibility index (Phi) is 31.3. The highest BCUT2D eigenvalue weighted by Gasteiger charge is 1.98. The lowest BCUT2D eigenvalue weighted by atomic mass is 10.1. The molecule has 21 heavy (non-hydrogen) atoms. The van der Waals surface area contributed by atoms with E-state index in [0.717, 1.165) is 17.6 Å². The van der Waals surface area contributed by atoms with Gasteiger partial charge in [-0.05, 0) is 12.5 Å². The highest BCUT2D eigenvalue weighted by atomic mass is 14.8. The normalized spacial score (nSPS) is 7.10. The zero-order valence-electron chi connectivity index (χ0n) is 15.0. The predicted octanol–water partition coefficient (Wildman–Crippen LogP) is 6.93. The monoisotopic (exact) mass is 294 g/mol. The second-order valence-electron chi connectivity index (χ2n) is 2.69. The van der Waals surface area contributed by atoms with Crippen LogP contribution in [0.4, 0.5) is 0 Å². The van der Waals surface area contributed by atoms with Gasteiger partial charge < -0.3 is 0 Å². The fourth-order valence-corrected chi connectivity index (χ4v) is 1.34. The van der Waals surface area contributed by atoms with Crippen molar-refractivity contribution in [3.8, 4) is 0 Å². The molecule has 2 nitrogen and oxygen atoms in total. The summed E-state index contributed by atoms with van der Waals surface area (Å²) in [5.74, 6) is 0. The van der Waals surface area contributed by atoms with E-state index in [0.29, 0.717) is 0 Å². The van der Waals surface area contributed by atoms with Crippen LogP contribution in [-0.4, -0.2) is 9.97 Å². The van der Waals surface area contributed by atoms with Crippen LogP contribution in [0.15, 0.2) is 30.6 Å². The van der Waals surface area contributed by atoms with E-state index in [1.54, 1.807) is 6.33 Å². The molecule has 0 atom stereocenters. The molecule has 0 fully saturated rings. The van der Waals surface area contributed by atoms with Crippen LogP contribution in [0, 0.1) is 0 Å². The van der Waals surface area contributed by atoms with Crippen LogP contribution in [0.25, 0.3) is 10.9 Å². The van der Waals surface area contributed by atoms with Crippen molar-refractivity contribution in [2.24, 2.45) is 0 Å². The second kappa shape index (κ2) is 23.6. The maximum Gasteiger partial charge on any atom is 0.116 e. The van der Waals surface area contributed by atoms with E-state index < -0.39 is 0 Å². The van der Waals surface area contributed by atoms with Gasteiger partial charge in [0.25, 0.3) is 0 Å². The fraction of sp³-hybridized carbons (Fsp3) is 0.579. The lowest BCUT2D eigenvalue weighted by Gasteiger charge is -2.00. The minimum Gasteiger partial charge on any atom is -0.241 e. The van der Waals surface area contributed by atoms with Crippen molar-refractivity contribution in [1.29, 1.82) is 0 Å². The van der Waals surface area contributed by atoms with Crippen molar-refractivity contribution in [3.05, 3.63) is 36.3 Å². The van der Waals surface area contributed by atoms with Crippen LogP contribution < -0.4 is 0 Å². The summed E-state index contributed by atoms with van der Waals surface area (Å²) in [7, 11) is 0. The smallest absolute Gasteiger partial charge is 0.116 e. The topological polar surface area (TPSA) is 25.8 Å². The summed E-state index contributed by atoms with van der Waals surface area (Å²) in [5, 5.41) is 1.17. The molecule has 0 unspecified atom stereocenters. The third kappa shape index (κ3) is 10.9. The largest absolute Gasteiger partial charge is 0.241 e. The van der Waals surface area contributed by atoms with Gasteiger partial charge in [-0.3, -0.25) is 0 Å². The summed E-state index contributed by atoms with van der Waals surface area (Å²) in [6.07, 6.45) is 2.59. The number of para-hydroxylation sites is 1. The quantitative estimate of drug-likeness (QED) is 0.569. The van der Waals surface area contributed by atoms with Crippen LogP contribution in [-0.2, 0) is 6.42 Å². The molecular weight excluding hydrogens is 256 g/mol. The molecule has 2 heteroatoms. The zero-order valence-corrected chi connectivity index (χ0v) is 15.0.